The number of carbonyl (C=O) groups is 2. The first-order valence-electron chi connectivity index (χ1n) is 9.80. The summed E-state index contributed by atoms with van der Waals surface area (Å²) in [4.78, 5) is 28.2. The van der Waals surface area contributed by atoms with Crippen LogP contribution in [-0.2, 0) is 16.0 Å². The number of hydrogen-bond donors (Lipinski definition) is 2. The number of urea groups is 1. The molecular weight excluding hydrogens is 453 g/mol. The standard InChI is InChI=1S/C22H22FN3O6S/c1-4-31-19(27)11-14-12-33-22(24-14)26-21(28)25-15-10-13(23)8-9-16(15)32-18-7-5-6-17(29-2)20(18)30-3/h5-10,12H,4,11H2,1-3H3,(H2,24,25,26,28). The molecule has 3 rings (SSSR count). The molecule has 0 spiro atoms. The largest absolute Gasteiger partial charge is 0.493 e. The molecule has 2 N–H and O–H groups in total. The summed E-state index contributed by atoms with van der Waals surface area (Å²) in [6, 6.07) is 8.09. The third kappa shape index (κ3) is 6.32. The Kier molecular flexibility index (Phi) is 8.03. The Morgan fingerprint density at radius 3 is 2.58 bits per heavy atom. The number of anilines is 2. The van der Waals surface area contributed by atoms with Gasteiger partial charge in [0.2, 0.25) is 5.75 Å². The topological polar surface area (TPSA) is 108 Å². The average molecular weight is 475 g/mol. The maximum Gasteiger partial charge on any atom is 0.325 e. The van der Waals surface area contributed by atoms with Gasteiger partial charge in [-0.05, 0) is 31.2 Å². The molecule has 1 aromatic heterocycles. The average Bonchev–Trinajstić information content (AvgIpc) is 3.21. The van der Waals surface area contributed by atoms with Crippen molar-refractivity contribution in [3.05, 3.63) is 53.3 Å². The molecule has 174 valence electrons. The normalized spacial score (nSPS) is 10.3. The van der Waals surface area contributed by atoms with E-state index in [2.05, 4.69) is 15.6 Å². The van der Waals surface area contributed by atoms with Gasteiger partial charge in [-0.15, -0.1) is 11.3 Å². The molecule has 0 atom stereocenters. The van der Waals surface area contributed by atoms with Crippen LogP contribution in [0, 0.1) is 5.82 Å². The summed E-state index contributed by atoms with van der Waals surface area (Å²) in [5, 5.41) is 7.00. The molecular formula is C22H22FN3O6S. The number of para-hydroxylation sites is 1. The third-order valence-corrected chi connectivity index (χ3v) is 4.99. The number of nitrogens with one attached hydrogen (secondary N) is 2. The highest BCUT2D eigenvalue weighted by atomic mass is 32.1. The van der Waals surface area contributed by atoms with Crippen LogP contribution in [-0.4, -0.2) is 37.8 Å². The number of methoxy groups -OCH3 is 2. The van der Waals surface area contributed by atoms with E-state index in [0.717, 1.165) is 17.4 Å². The van der Waals surface area contributed by atoms with Crippen molar-refractivity contribution in [1.82, 2.24) is 4.98 Å². The summed E-state index contributed by atoms with van der Waals surface area (Å²) in [7, 11) is 2.96. The quantitative estimate of drug-likeness (QED) is 0.426. The van der Waals surface area contributed by atoms with Crippen molar-refractivity contribution in [3.8, 4) is 23.0 Å². The van der Waals surface area contributed by atoms with E-state index in [1.165, 1.54) is 26.4 Å². The number of hydrogen-bond acceptors (Lipinski definition) is 8. The van der Waals surface area contributed by atoms with Gasteiger partial charge >= 0.3 is 12.0 Å². The van der Waals surface area contributed by atoms with E-state index in [1.807, 2.05) is 0 Å². The van der Waals surface area contributed by atoms with Gasteiger partial charge in [0.15, 0.2) is 22.4 Å². The monoisotopic (exact) mass is 475 g/mol. The second-order valence-corrected chi connectivity index (χ2v) is 7.30. The zero-order valence-electron chi connectivity index (χ0n) is 18.1. The second kappa shape index (κ2) is 11.1. The van der Waals surface area contributed by atoms with Crippen molar-refractivity contribution in [3.63, 3.8) is 0 Å². The Morgan fingerprint density at radius 2 is 1.85 bits per heavy atom. The van der Waals surface area contributed by atoms with Gasteiger partial charge in [0.25, 0.3) is 0 Å². The van der Waals surface area contributed by atoms with E-state index >= 15 is 0 Å². The van der Waals surface area contributed by atoms with Gasteiger partial charge in [0, 0.05) is 11.4 Å². The fraction of sp³-hybridized carbons (Fsp3) is 0.227. The van der Waals surface area contributed by atoms with Gasteiger partial charge < -0.3 is 24.3 Å². The van der Waals surface area contributed by atoms with Crippen molar-refractivity contribution in [1.29, 1.82) is 0 Å². The van der Waals surface area contributed by atoms with Gasteiger partial charge in [0.05, 0.1) is 38.6 Å². The lowest BCUT2D eigenvalue weighted by Crippen LogP contribution is -2.20. The predicted molar refractivity (Wildman–Crippen MR) is 121 cm³/mol. The number of benzene rings is 2. The highest BCUT2D eigenvalue weighted by Crippen LogP contribution is 2.41. The highest BCUT2D eigenvalue weighted by molar-refractivity contribution is 7.14. The van der Waals surface area contributed by atoms with E-state index in [9.17, 15) is 14.0 Å². The first-order chi connectivity index (χ1) is 15.9. The summed E-state index contributed by atoms with van der Waals surface area (Å²) in [6.45, 7) is 1.99. The molecule has 0 fully saturated rings. The Labute approximate surface area is 193 Å². The first kappa shape index (κ1) is 23.8. The van der Waals surface area contributed by atoms with Crippen LogP contribution < -0.4 is 24.8 Å². The number of rotatable bonds is 9. The number of aromatic nitrogens is 1. The molecule has 3 aromatic rings. The number of thiazole rings is 1. The van der Waals surface area contributed by atoms with Crippen LogP contribution in [0.25, 0.3) is 0 Å². The molecule has 1 heterocycles. The number of ether oxygens (including phenoxy) is 4. The van der Waals surface area contributed by atoms with E-state index < -0.39 is 17.8 Å². The van der Waals surface area contributed by atoms with Crippen molar-refractivity contribution in [2.45, 2.75) is 13.3 Å². The second-order valence-electron chi connectivity index (χ2n) is 6.44. The van der Waals surface area contributed by atoms with E-state index in [1.54, 1.807) is 30.5 Å². The van der Waals surface area contributed by atoms with E-state index in [0.29, 0.717) is 22.9 Å². The smallest absolute Gasteiger partial charge is 0.325 e. The molecule has 2 aromatic carbocycles. The SMILES string of the molecule is CCOC(=O)Cc1csc(NC(=O)Nc2cc(F)ccc2Oc2cccc(OC)c2OC)n1. The third-order valence-electron chi connectivity index (χ3n) is 4.18. The molecule has 0 bridgehead atoms. The lowest BCUT2D eigenvalue weighted by Gasteiger charge is -2.16. The fourth-order valence-corrected chi connectivity index (χ4v) is 3.51. The Hall–Kier alpha value is -3.86. The molecule has 0 aliphatic heterocycles. The van der Waals surface area contributed by atoms with Gasteiger partial charge in [-0.1, -0.05) is 6.07 Å². The predicted octanol–water partition coefficient (Wildman–Crippen LogP) is 4.84. The molecule has 0 radical (unpaired) electrons. The molecule has 0 aliphatic carbocycles. The minimum absolute atomic E-state index is 0.00209. The van der Waals surface area contributed by atoms with Crippen molar-refractivity contribution in [2.75, 3.05) is 31.5 Å². The molecule has 33 heavy (non-hydrogen) atoms. The molecule has 0 unspecified atom stereocenters. The first-order valence-corrected chi connectivity index (χ1v) is 10.7. The lowest BCUT2D eigenvalue weighted by atomic mass is 10.2. The van der Waals surface area contributed by atoms with Crippen LogP contribution in [0.1, 0.15) is 12.6 Å². The number of amides is 2. The summed E-state index contributed by atoms with van der Waals surface area (Å²) >= 11 is 1.14. The minimum atomic E-state index is -0.667. The number of esters is 1. The van der Waals surface area contributed by atoms with Gasteiger partial charge in [-0.25, -0.2) is 14.2 Å². The maximum absolute atomic E-state index is 13.9. The molecule has 2 amide bonds. The molecule has 11 heteroatoms. The van der Waals surface area contributed by atoms with E-state index in [4.69, 9.17) is 18.9 Å². The van der Waals surface area contributed by atoms with Gasteiger partial charge in [-0.3, -0.25) is 10.1 Å². The zero-order chi connectivity index (χ0) is 23.8. The Balaban J connectivity index is 1.73. The summed E-state index contributed by atoms with van der Waals surface area (Å²) in [5.74, 6) is 0.314. The summed E-state index contributed by atoms with van der Waals surface area (Å²) in [5.41, 5.74) is 0.550. The molecule has 0 saturated carbocycles. The molecule has 9 nitrogen and oxygen atoms in total. The lowest BCUT2D eigenvalue weighted by molar-refractivity contribution is -0.142. The zero-order valence-corrected chi connectivity index (χ0v) is 19.0. The van der Waals surface area contributed by atoms with E-state index in [-0.39, 0.29) is 29.6 Å². The summed E-state index contributed by atoms with van der Waals surface area (Å²) in [6.07, 6.45) is -0.00209. The maximum atomic E-state index is 13.9. The van der Waals surface area contributed by atoms with Crippen molar-refractivity contribution in [2.24, 2.45) is 0 Å². The van der Waals surface area contributed by atoms with Crippen molar-refractivity contribution >= 4 is 34.2 Å². The number of carbonyl (C=O) groups excluding carboxylic acids is 2. The van der Waals surface area contributed by atoms with Crippen LogP contribution in [0.2, 0.25) is 0 Å². The minimum Gasteiger partial charge on any atom is -0.493 e. The molecule has 0 aliphatic rings. The van der Waals surface area contributed by atoms with Crippen LogP contribution in [0.5, 0.6) is 23.0 Å². The van der Waals surface area contributed by atoms with Crippen LogP contribution in [0.3, 0.4) is 0 Å². The van der Waals surface area contributed by atoms with Gasteiger partial charge in [-0.2, -0.15) is 0 Å². The fourth-order valence-electron chi connectivity index (χ4n) is 2.80. The Bertz CT molecular complexity index is 1140. The van der Waals surface area contributed by atoms with Crippen LogP contribution in [0.15, 0.2) is 41.8 Å². The number of halogens is 1. The van der Waals surface area contributed by atoms with Crippen LogP contribution >= 0.6 is 11.3 Å². The Morgan fingerprint density at radius 1 is 1.06 bits per heavy atom. The van der Waals surface area contributed by atoms with Crippen molar-refractivity contribution < 1.29 is 32.9 Å². The molecule has 0 saturated heterocycles. The number of nitrogens with zero attached hydrogens (tertiary/aromatic N) is 1. The van der Waals surface area contributed by atoms with Crippen LogP contribution in [0.4, 0.5) is 20.0 Å². The summed E-state index contributed by atoms with van der Waals surface area (Å²) < 4.78 is 35.2. The highest BCUT2D eigenvalue weighted by Gasteiger charge is 2.16. The van der Waals surface area contributed by atoms with Gasteiger partial charge in [0.1, 0.15) is 5.82 Å².